The van der Waals surface area contributed by atoms with Crippen molar-refractivity contribution in [1.29, 1.82) is 5.26 Å². The van der Waals surface area contributed by atoms with E-state index in [1.807, 2.05) is 36.7 Å². The first-order chi connectivity index (χ1) is 31.1. The number of amides is 4. The summed E-state index contributed by atoms with van der Waals surface area (Å²) in [4.78, 5) is 68.3. The number of carbonyl (C=O) groups is 4. The summed E-state index contributed by atoms with van der Waals surface area (Å²) >= 11 is 0. The Morgan fingerprint density at radius 3 is 2.55 bits per heavy atom. The Balaban J connectivity index is 0.798. The van der Waals surface area contributed by atoms with E-state index < -0.39 is 17.7 Å². The summed E-state index contributed by atoms with van der Waals surface area (Å²) in [6.07, 6.45) is 12.3. The molecule has 0 unspecified atom stereocenters. The lowest BCUT2D eigenvalue weighted by atomic mass is 9.85. The predicted molar refractivity (Wildman–Crippen MR) is 244 cm³/mol. The lowest BCUT2D eigenvalue weighted by Gasteiger charge is -2.28. The maximum Gasteiger partial charge on any atom is 0.408 e. The fraction of sp³-hybridized carbons (Fsp3) is 0.565. The van der Waals surface area contributed by atoms with Crippen LogP contribution in [0.15, 0.2) is 49.2 Å². The van der Waals surface area contributed by atoms with Gasteiger partial charge in [0, 0.05) is 93.2 Å². The van der Waals surface area contributed by atoms with Crippen LogP contribution < -0.4 is 32.3 Å². The molecule has 5 heterocycles. The van der Waals surface area contributed by atoms with Gasteiger partial charge in [-0.3, -0.25) is 23.9 Å². The molecule has 4 aromatic rings. The standard InChI is InChI=1S/C46H63N13O6/c1-29(2)53-37-22-38(59-16-12-32-21-30(24-47)25-52-39(32)59)51-26-35(37)41(61)54-34-10-8-31(9-11-34)40(60)49-14-19-64-20-18-57-27-33-23-46(33,28-57)56-42(62)36(55-44(63)65-45(3,4)5)7-6-15-58-17-13-50-43(58)48/h12-13,16-17,21-22,25-26,29,31,33-34,36H,6-11,14-15,18-20,23,27-28H2,1-5H3,(H2,48,50)(H,49,60)(H,51,53)(H,54,61)(H,55,63)(H,56,62)/t31?,33-,34?,36-,46-/m0/s1. The van der Waals surface area contributed by atoms with Gasteiger partial charge >= 0.3 is 6.09 Å². The summed E-state index contributed by atoms with van der Waals surface area (Å²) in [6, 6.07) is 6.84. The number of aryl methyl sites for hydroxylation is 1. The normalized spacial score (nSPS) is 21.0. The molecule has 0 spiro atoms. The number of imidazole rings is 1. The number of anilines is 2. The molecule has 2 aliphatic carbocycles. The first-order valence-corrected chi connectivity index (χ1v) is 22.7. The van der Waals surface area contributed by atoms with Crippen LogP contribution in [0.3, 0.4) is 0 Å². The lowest BCUT2D eigenvalue weighted by Crippen LogP contribution is -2.53. The summed E-state index contributed by atoms with van der Waals surface area (Å²) in [6.45, 7) is 13.5. The van der Waals surface area contributed by atoms with Gasteiger partial charge in [-0.25, -0.2) is 19.7 Å². The lowest BCUT2D eigenvalue weighted by molar-refractivity contribution is -0.126. The first-order valence-electron chi connectivity index (χ1n) is 22.7. The van der Waals surface area contributed by atoms with Crippen molar-refractivity contribution in [3.8, 4) is 11.9 Å². The SMILES string of the molecule is CC(C)Nc1cc(-n2ccc3cc(C#N)cnc32)ncc1C(=O)NC1CCC(C(=O)NCCOCCN2C[C@@H]3C[C@]3(NC(=O)[C@H](CCCn3ccnc3N)NC(=O)OC(C)(C)C)C2)CC1. The number of rotatable bonds is 19. The average molecular weight is 894 g/mol. The molecular formula is C46H63N13O6. The molecular weight excluding hydrogens is 831 g/mol. The minimum Gasteiger partial charge on any atom is -0.444 e. The Morgan fingerprint density at radius 1 is 1.03 bits per heavy atom. The van der Waals surface area contributed by atoms with Crippen molar-refractivity contribution < 1.29 is 28.7 Å². The zero-order valence-electron chi connectivity index (χ0n) is 38.1. The van der Waals surface area contributed by atoms with Crippen LogP contribution in [0.4, 0.5) is 16.4 Å². The number of pyridine rings is 2. The zero-order chi connectivity index (χ0) is 46.3. The fourth-order valence-electron chi connectivity index (χ4n) is 8.91. The number of ether oxygens (including phenoxy) is 2. The van der Waals surface area contributed by atoms with Crippen LogP contribution in [0.5, 0.6) is 0 Å². The molecule has 3 fully saturated rings. The third-order valence-corrected chi connectivity index (χ3v) is 12.2. The molecule has 4 amide bonds. The van der Waals surface area contributed by atoms with Crippen molar-refractivity contribution in [1.82, 2.24) is 50.3 Å². The second-order valence-corrected chi connectivity index (χ2v) is 18.8. The third kappa shape index (κ3) is 12.1. The topological polar surface area (TPSA) is 248 Å². The Hall–Kier alpha value is -6.26. The van der Waals surface area contributed by atoms with E-state index in [4.69, 9.17) is 15.2 Å². The molecule has 0 aromatic carbocycles. The van der Waals surface area contributed by atoms with Crippen molar-refractivity contribution >= 4 is 46.5 Å². The predicted octanol–water partition coefficient (Wildman–Crippen LogP) is 3.88. The molecule has 19 nitrogen and oxygen atoms in total. The Kier molecular flexibility index (Phi) is 14.6. The van der Waals surface area contributed by atoms with E-state index >= 15 is 0 Å². The largest absolute Gasteiger partial charge is 0.444 e. The maximum absolute atomic E-state index is 13.6. The number of likely N-dealkylation sites (tertiary alicyclic amines) is 1. The van der Waals surface area contributed by atoms with Crippen molar-refractivity contribution in [2.45, 2.75) is 115 Å². The number of aromatic nitrogens is 5. The van der Waals surface area contributed by atoms with E-state index in [2.05, 4.69) is 52.5 Å². The van der Waals surface area contributed by atoms with Crippen molar-refractivity contribution in [2.24, 2.45) is 11.8 Å². The van der Waals surface area contributed by atoms with Crippen LogP contribution in [-0.2, 0) is 25.6 Å². The first kappa shape index (κ1) is 46.7. The van der Waals surface area contributed by atoms with Gasteiger partial charge in [-0.2, -0.15) is 5.26 Å². The van der Waals surface area contributed by atoms with E-state index in [9.17, 15) is 24.4 Å². The summed E-state index contributed by atoms with van der Waals surface area (Å²) < 4.78 is 15.0. The highest BCUT2D eigenvalue weighted by atomic mass is 16.6. The van der Waals surface area contributed by atoms with Gasteiger partial charge < -0.3 is 46.4 Å². The summed E-state index contributed by atoms with van der Waals surface area (Å²) in [7, 11) is 0. The van der Waals surface area contributed by atoms with Crippen LogP contribution in [0.25, 0.3) is 16.9 Å². The molecule has 0 radical (unpaired) electrons. The number of hydrogen-bond acceptors (Lipinski definition) is 13. The number of fused-ring (bicyclic) bond motifs is 2. The number of nitrogen functional groups attached to an aromatic ring is 1. The quantitative estimate of drug-likeness (QED) is 0.0733. The molecule has 4 aromatic heterocycles. The van der Waals surface area contributed by atoms with Crippen LogP contribution in [0, 0.1) is 23.2 Å². The van der Waals surface area contributed by atoms with Gasteiger partial charge in [-0.1, -0.05) is 0 Å². The third-order valence-electron chi connectivity index (χ3n) is 12.2. The van der Waals surface area contributed by atoms with Gasteiger partial charge in [0.05, 0.1) is 35.6 Å². The van der Waals surface area contributed by atoms with Gasteiger partial charge in [0.25, 0.3) is 5.91 Å². The monoisotopic (exact) mass is 894 g/mol. The highest BCUT2D eigenvalue weighted by molar-refractivity contribution is 6.00. The molecule has 7 rings (SSSR count). The molecule has 2 saturated carbocycles. The minimum absolute atomic E-state index is 0.0000867. The Bertz CT molecular complexity index is 2380. The number of carbonyl (C=O) groups excluding carboxylic acids is 4. The molecule has 3 aliphatic rings. The smallest absolute Gasteiger partial charge is 0.408 e. The second-order valence-electron chi connectivity index (χ2n) is 18.8. The summed E-state index contributed by atoms with van der Waals surface area (Å²) in [5, 5.41) is 25.7. The molecule has 19 heteroatoms. The molecule has 1 aliphatic heterocycles. The Labute approximate surface area is 379 Å². The molecule has 65 heavy (non-hydrogen) atoms. The number of nitriles is 1. The number of nitrogens with one attached hydrogen (secondary N) is 5. The van der Waals surface area contributed by atoms with Gasteiger partial charge in [-0.05, 0) is 97.6 Å². The zero-order valence-corrected chi connectivity index (χ0v) is 38.1. The van der Waals surface area contributed by atoms with Gasteiger partial charge in [-0.15, -0.1) is 0 Å². The molecule has 0 bridgehead atoms. The number of nitrogens with zero attached hydrogens (tertiary/aromatic N) is 7. The molecule has 1 saturated heterocycles. The van der Waals surface area contributed by atoms with Crippen molar-refractivity contribution in [2.75, 3.05) is 50.4 Å². The average Bonchev–Trinajstić information content (AvgIpc) is 3.56. The van der Waals surface area contributed by atoms with Crippen molar-refractivity contribution in [3.05, 3.63) is 60.3 Å². The fourth-order valence-corrected chi connectivity index (χ4v) is 8.91. The van der Waals surface area contributed by atoms with E-state index in [0.717, 1.165) is 18.4 Å². The Morgan fingerprint density at radius 2 is 1.83 bits per heavy atom. The summed E-state index contributed by atoms with van der Waals surface area (Å²) in [5.41, 5.74) is 7.11. The van der Waals surface area contributed by atoms with E-state index in [0.29, 0.717) is 118 Å². The number of hydrogen-bond donors (Lipinski definition) is 6. The minimum atomic E-state index is -0.763. The van der Waals surface area contributed by atoms with Gasteiger partial charge in [0.15, 0.2) is 5.95 Å². The second kappa shape index (κ2) is 20.3. The van der Waals surface area contributed by atoms with Gasteiger partial charge in [0.1, 0.15) is 29.2 Å². The van der Waals surface area contributed by atoms with E-state index in [1.165, 1.54) is 6.20 Å². The van der Waals surface area contributed by atoms with Crippen LogP contribution in [-0.4, -0.2) is 121 Å². The van der Waals surface area contributed by atoms with Crippen LogP contribution in [0.2, 0.25) is 0 Å². The van der Waals surface area contributed by atoms with E-state index in [-0.39, 0.29) is 41.3 Å². The maximum atomic E-state index is 13.6. The molecule has 348 valence electrons. The highest BCUT2D eigenvalue weighted by Gasteiger charge is 2.61. The van der Waals surface area contributed by atoms with E-state index in [1.54, 1.807) is 50.0 Å². The number of alkyl carbamates (subject to hydrolysis) is 1. The molecule has 3 atom stereocenters. The summed E-state index contributed by atoms with van der Waals surface area (Å²) in [5.74, 6) is 0.747. The molecule has 7 N–H and O–H groups in total. The van der Waals surface area contributed by atoms with Gasteiger partial charge in [0.2, 0.25) is 11.8 Å². The number of piperidine rings is 1. The van der Waals surface area contributed by atoms with Crippen LogP contribution >= 0.6 is 0 Å². The van der Waals surface area contributed by atoms with Crippen LogP contribution in [0.1, 0.15) is 95.5 Å². The van der Waals surface area contributed by atoms with Crippen molar-refractivity contribution in [3.63, 3.8) is 0 Å². The number of nitrogens with two attached hydrogens (primary N) is 1. The highest BCUT2D eigenvalue weighted by Crippen LogP contribution is 2.49.